The number of nitrogens with one attached hydrogen (secondary N) is 1. The molecule has 1 N–H and O–H groups in total. The number of anilines is 1. The van der Waals surface area contributed by atoms with Crippen LogP contribution < -0.4 is 5.32 Å². The lowest BCUT2D eigenvalue weighted by Gasteiger charge is -2.07. The molecule has 0 unspecified atom stereocenters. The van der Waals surface area contributed by atoms with E-state index in [0.29, 0.717) is 11.3 Å². The minimum atomic E-state index is -0.462. The van der Waals surface area contributed by atoms with E-state index in [1.54, 1.807) is 7.05 Å². The molecule has 0 saturated carbocycles. The van der Waals surface area contributed by atoms with Crippen molar-refractivity contribution in [1.82, 2.24) is 9.97 Å². The lowest BCUT2D eigenvalue weighted by molar-refractivity contribution is -0.383. The first kappa shape index (κ1) is 12.9. The Balaban J connectivity index is 2.67. The molecule has 0 spiro atoms. The number of nitro groups is 1. The second kappa shape index (κ2) is 5.01. The van der Waals surface area contributed by atoms with Gasteiger partial charge in [0.05, 0.1) is 4.92 Å². The van der Waals surface area contributed by atoms with E-state index in [-0.39, 0.29) is 11.5 Å². The number of hydrogen-bond acceptors (Lipinski definition) is 5. The van der Waals surface area contributed by atoms with Gasteiger partial charge in [-0.2, -0.15) is 0 Å². The summed E-state index contributed by atoms with van der Waals surface area (Å²) in [7, 11) is 1.60. The van der Waals surface area contributed by atoms with Gasteiger partial charge in [-0.25, -0.2) is 9.97 Å². The van der Waals surface area contributed by atoms with Gasteiger partial charge in [0.2, 0.25) is 5.82 Å². The maximum atomic E-state index is 11.2. The Labute approximate surface area is 110 Å². The van der Waals surface area contributed by atoms with Crippen molar-refractivity contribution >= 4 is 11.5 Å². The molecule has 0 aliphatic heterocycles. The third kappa shape index (κ3) is 2.37. The zero-order valence-corrected chi connectivity index (χ0v) is 11.0. The Bertz CT molecular complexity index is 641. The van der Waals surface area contributed by atoms with Gasteiger partial charge in [0.1, 0.15) is 6.33 Å². The zero-order chi connectivity index (χ0) is 14.0. The van der Waals surface area contributed by atoms with E-state index in [1.165, 1.54) is 6.33 Å². The topological polar surface area (TPSA) is 81.0 Å². The number of nitrogens with zero attached hydrogens (tertiary/aromatic N) is 3. The molecule has 0 aliphatic rings. The summed E-state index contributed by atoms with van der Waals surface area (Å²) in [6.45, 7) is 3.96. The molecular weight excluding hydrogens is 244 g/mol. The Morgan fingerprint density at radius 3 is 2.53 bits per heavy atom. The van der Waals surface area contributed by atoms with Gasteiger partial charge in [-0.1, -0.05) is 12.1 Å². The fourth-order valence-corrected chi connectivity index (χ4v) is 1.83. The molecule has 98 valence electrons. The van der Waals surface area contributed by atoms with Crippen LogP contribution in [0.25, 0.3) is 11.3 Å². The van der Waals surface area contributed by atoms with Gasteiger partial charge in [-0.05, 0) is 31.0 Å². The Morgan fingerprint density at radius 1 is 1.21 bits per heavy atom. The molecule has 2 aromatic rings. The van der Waals surface area contributed by atoms with Crippen molar-refractivity contribution in [3.05, 3.63) is 45.8 Å². The van der Waals surface area contributed by atoms with Gasteiger partial charge < -0.3 is 5.32 Å². The van der Waals surface area contributed by atoms with Crippen LogP contribution >= 0.6 is 0 Å². The molecule has 2 rings (SSSR count). The number of rotatable bonds is 3. The Hall–Kier alpha value is -2.50. The number of aromatic nitrogens is 2. The van der Waals surface area contributed by atoms with Crippen LogP contribution in [-0.2, 0) is 0 Å². The molecule has 1 aromatic heterocycles. The van der Waals surface area contributed by atoms with Gasteiger partial charge in [0.25, 0.3) is 0 Å². The van der Waals surface area contributed by atoms with E-state index in [9.17, 15) is 10.1 Å². The molecule has 19 heavy (non-hydrogen) atoms. The highest BCUT2D eigenvalue weighted by molar-refractivity contribution is 5.77. The second-order valence-corrected chi connectivity index (χ2v) is 4.23. The first-order valence-electron chi connectivity index (χ1n) is 5.79. The Kier molecular flexibility index (Phi) is 3.41. The van der Waals surface area contributed by atoms with Crippen molar-refractivity contribution in [1.29, 1.82) is 0 Å². The molecule has 0 radical (unpaired) electrons. The van der Waals surface area contributed by atoms with Crippen LogP contribution in [0.15, 0.2) is 24.5 Å². The van der Waals surface area contributed by atoms with E-state index >= 15 is 0 Å². The van der Waals surface area contributed by atoms with Crippen molar-refractivity contribution in [3.8, 4) is 11.3 Å². The first-order valence-corrected chi connectivity index (χ1v) is 5.79. The molecular formula is C13H14N4O2. The lowest BCUT2D eigenvalue weighted by atomic mass is 10.0. The van der Waals surface area contributed by atoms with Gasteiger partial charge in [-0.15, -0.1) is 0 Å². The van der Waals surface area contributed by atoms with E-state index in [4.69, 9.17) is 0 Å². The SMILES string of the molecule is CNc1ncnc(-c2ccc(C)c(C)c2)c1[N+](=O)[O-]. The first-order chi connectivity index (χ1) is 9.04. The quantitative estimate of drug-likeness (QED) is 0.676. The molecule has 1 heterocycles. The van der Waals surface area contributed by atoms with Gasteiger partial charge in [0.15, 0.2) is 5.69 Å². The summed E-state index contributed by atoms with van der Waals surface area (Å²) < 4.78 is 0. The van der Waals surface area contributed by atoms with E-state index < -0.39 is 4.92 Å². The highest BCUT2D eigenvalue weighted by Crippen LogP contribution is 2.33. The van der Waals surface area contributed by atoms with Crippen LogP contribution in [0.4, 0.5) is 11.5 Å². The molecule has 6 heteroatoms. The number of benzene rings is 1. The summed E-state index contributed by atoms with van der Waals surface area (Å²) in [5.41, 5.74) is 3.14. The molecule has 6 nitrogen and oxygen atoms in total. The zero-order valence-electron chi connectivity index (χ0n) is 11.0. The minimum Gasteiger partial charge on any atom is -0.367 e. The summed E-state index contributed by atoms with van der Waals surface area (Å²) in [6, 6.07) is 5.65. The van der Waals surface area contributed by atoms with Crippen molar-refractivity contribution < 1.29 is 4.92 Å². The summed E-state index contributed by atoms with van der Waals surface area (Å²) in [5.74, 6) is 0.216. The monoisotopic (exact) mass is 258 g/mol. The molecule has 0 bridgehead atoms. The van der Waals surface area contributed by atoms with Crippen LogP contribution in [0.3, 0.4) is 0 Å². The molecule has 0 atom stereocenters. The largest absolute Gasteiger partial charge is 0.367 e. The Morgan fingerprint density at radius 2 is 1.95 bits per heavy atom. The van der Waals surface area contributed by atoms with Crippen LogP contribution in [-0.4, -0.2) is 21.9 Å². The van der Waals surface area contributed by atoms with Crippen LogP contribution in [0.5, 0.6) is 0 Å². The van der Waals surface area contributed by atoms with Crippen LogP contribution in [0.2, 0.25) is 0 Å². The fraction of sp³-hybridized carbons (Fsp3) is 0.231. The standard InChI is InChI=1S/C13H14N4O2/c1-8-4-5-10(6-9(8)2)11-12(17(18)19)13(14-3)16-7-15-11/h4-7H,1-3H3,(H,14,15,16). The predicted octanol–water partition coefficient (Wildman–Crippen LogP) is 2.71. The van der Waals surface area contributed by atoms with Crippen molar-refractivity contribution in [2.24, 2.45) is 0 Å². The van der Waals surface area contributed by atoms with Crippen molar-refractivity contribution in [3.63, 3.8) is 0 Å². The van der Waals surface area contributed by atoms with E-state index in [0.717, 1.165) is 11.1 Å². The smallest absolute Gasteiger partial charge is 0.337 e. The molecule has 1 aromatic carbocycles. The summed E-state index contributed by atoms with van der Waals surface area (Å²) >= 11 is 0. The van der Waals surface area contributed by atoms with E-state index in [2.05, 4.69) is 15.3 Å². The van der Waals surface area contributed by atoms with Crippen molar-refractivity contribution in [2.45, 2.75) is 13.8 Å². The number of aryl methyl sites for hydroxylation is 2. The fourth-order valence-electron chi connectivity index (χ4n) is 1.83. The highest BCUT2D eigenvalue weighted by Gasteiger charge is 2.23. The maximum absolute atomic E-state index is 11.2. The van der Waals surface area contributed by atoms with Crippen LogP contribution in [0.1, 0.15) is 11.1 Å². The third-order valence-electron chi connectivity index (χ3n) is 3.02. The summed E-state index contributed by atoms with van der Waals surface area (Å²) in [4.78, 5) is 18.7. The number of hydrogen-bond donors (Lipinski definition) is 1. The summed E-state index contributed by atoms with van der Waals surface area (Å²) in [5, 5.41) is 13.9. The van der Waals surface area contributed by atoms with Crippen LogP contribution in [0, 0.1) is 24.0 Å². The lowest BCUT2D eigenvalue weighted by Crippen LogP contribution is -2.03. The normalized spacial score (nSPS) is 10.3. The average Bonchev–Trinajstić information content (AvgIpc) is 2.40. The molecule has 0 aliphatic carbocycles. The van der Waals surface area contributed by atoms with Gasteiger partial charge in [-0.3, -0.25) is 10.1 Å². The van der Waals surface area contributed by atoms with Gasteiger partial charge in [0, 0.05) is 12.6 Å². The minimum absolute atomic E-state index is 0.103. The molecule has 0 fully saturated rings. The molecule has 0 amide bonds. The second-order valence-electron chi connectivity index (χ2n) is 4.23. The molecule has 0 saturated heterocycles. The highest BCUT2D eigenvalue weighted by atomic mass is 16.6. The third-order valence-corrected chi connectivity index (χ3v) is 3.02. The predicted molar refractivity (Wildman–Crippen MR) is 73.1 cm³/mol. The maximum Gasteiger partial charge on any atom is 0.337 e. The van der Waals surface area contributed by atoms with E-state index in [1.807, 2.05) is 32.0 Å². The average molecular weight is 258 g/mol. The summed E-state index contributed by atoms with van der Waals surface area (Å²) in [6.07, 6.45) is 1.32. The van der Waals surface area contributed by atoms with Gasteiger partial charge >= 0.3 is 5.69 Å². The van der Waals surface area contributed by atoms with Crippen molar-refractivity contribution in [2.75, 3.05) is 12.4 Å².